The average molecular weight is 376 g/mol. The number of para-hydroxylation sites is 1. The summed E-state index contributed by atoms with van der Waals surface area (Å²) in [5.41, 5.74) is 2.97. The lowest BCUT2D eigenvalue weighted by Gasteiger charge is -2.06. The Hall–Kier alpha value is -2.44. The monoisotopic (exact) mass is 375 g/mol. The molecule has 3 rings (SSSR count). The van der Waals surface area contributed by atoms with Gasteiger partial charge in [0.15, 0.2) is 5.13 Å². The fourth-order valence-electron chi connectivity index (χ4n) is 2.25. The number of anilines is 3. The lowest BCUT2D eigenvalue weighted by atomic mass is 10.2. The number of carbonyl (C=O) groups excluding carboxylic acids is 1. The van der Waals surface area contributed by atoms with Crippen molar-refractivity contribution in [2.24, 2.45) is 0 Å². The van der Waals surface area contributed by atoms with Gasteiger partial charge in [-0.2, -0.15) is 0 Å². The molecule has 1 aromatic heterocycles. The Morgan fingerprint density at radius 3 is 2.68 bits per heavy atom. The summed E-state index contributed by atoms with van der Waals surface area (Å²) in [4.78, 5) is 17.4. The van der Waals surface area contributed by atoms with E-state index in [4.69, 9.17) is 11.6 Å². The molecule has 128 valence electrons. The zero-order valence-electron chi connectivity index (χ0n) is 13.6. The largest absolute Gasteiger partial charge is 0.331 e. The molecule has 2 aromatic carbocycles. The maximum absolute atomic E-state index is 13.2. The number of hydrogen-bond acceptors (Lipinski definition) is 4. The first-order valence-electron chi connectivity index (χ1n) is 7.50. The number of carbonyl (C=O) groups is 1. The van der Waals surface area contributed by atoms with Crippen molar-refractivity contribution in [3.05, 3.63) is 69.4 Å². The number of thiazole rings is 1. The molecule has 0 aliphatic carbocycles. The number of halogens is 2. The minimum absolute atomic E-state index is 0.0239. The minimum atomic E-state index is -0.485. The summed E-state index contributed by atoms with van der Waals surface area (Å²) in [5.74, 6) is -0.699. The van der Waals surface area contributed by atoms with Crippen LogP contribution >= 0.6 is 22.9 Å². The third kappa shape index (κ3) is 3.97. The van der Waals surface area contributed by atoms with Crippen molar-refractivity contribution in [3.8, 4) is 0 Å². The Kier molecular flexibility index (Phi) is 5.01. The Morgan fingerprint density at radius 1 is 1.20 bits per heavy atom. The van der Waals surface area contributed by atoms with Gasteiger partial charge in [-0.15, -0.1) is 0 Å². The van der Waals surface area contributed by atoms with Gasteiger partial charge in [-0.1, -0.05) is 41.1 Å². The van der Waals surface area contributed by atoms with Crippen LogP contribution in [0.3, 0.4) is 0 Å². The number of benzene rings is 2. The average Bonchev–Trinajstić information content (AvgIpc) is 2.93. The van der Waals surface area contributed by atoms with Crippen LogP contribution in [-0.2, 0) is 0 Å². The third-order valence-electron chi connectivity index (χ3n) is 3.57. The van der Waals surface area contributed by atoms with Crippen LogP contribution in [0, 0.1) is 19.7 Å². The molecule has 2 N–H and O–H groups in total. The summed E-state index contributed by atoms with van der Waals surface area (Å²) in [5, 5.41) is 6.49. The SMILES string of the molecule is Cc1ccccc1NC(=O)c1sc(Nc2ccc(F)c(Cl)c2)nc1C. The van der Waals surface area contributed by atoms with E-state index in [1.165, 1.54) is 23.5 Å². The first kappa shape index (κ1) is 17.4. The van der Waals surface area contributed by atoms with Crippen LogP contribution < -0.4 is 10.6 Å². The van der Waals surface area contributed by atoms with E-state index in [9.17, 15) is 9.18 Å². The Balaban J connectivity index is 1.78. The summed E-state index contributed by atoms with van der Waals surface area (Å²) < 4.78 is 13.2. The molecule has 0 bridgehead atoms. The zero-order valence-corrected chi connectivity index (χ0v) is 15.1. The number of nitrogens with zero attached hydrogens (tertiary/aromatic N) is 1. The molecule has 0 aliphatic rings. The maximum Gasteiger partial charge on any atom is 0.267 e. The van der Waals surface area contributed by atoms with Crippen molar-refractivity contribution < 1.29 is 9.18 Å². The van der Waals surface area contributed by atoms with E-state index < -0.39 is 5.82 Å². The van der Waals surface area contributed by atoms with Crippen LogP contribution in [0.1, 0.15) is 20.9 Å². The van der Waals surface area contributed by atoms with E-state index >= 15 is 0 Å². The normalized spacial score (nSPS) is 10.6. The lowest BCUT2D eigenvalue weighted by Crippen LogP contribution is -2.12. The number of nitrogens with one attached hydrogen (secondary N) is 2. The van der Waals surface area contributed by atoms with Crippen molar-refractivity contribution in [3.63, 3.8) is 0 Å². The minimum Gasteiger partial charge on any atom is -0.331 e. The molecule has 7 heteroatoms. The van der Waals surface area contributed by atoms with Gasteiger partial charge in [0.25, 0.3) is 5.91 Å². The van der Waals surface area contributed by atoms with Crippen molar-refractivity contribution in [2.45, 2.75) is 13.8 Å². The number of hydrogen-bond donors (Lipinski definition) is 2. The van der Waals surface area contributed by atoms with Crippen molar-refractivity contribution in [1.29, 1.82) is 0 Å². The van der Waals surface area contributed by atoms with Gasteiger partial charge in [-0.25, -0.2) is 9.37 Å². The highest BCUT2D eigenvalue weighted by Gasteiger charge is 2.16. The van der Waals surface area contributed by atoms with Crippen LogP contribution in [0.2, 0.25) is 5.02 Å². The van der Waals surface area contributed by atoms with Crippen LogP contribution in [-0.4, -0.2) is 10.9 Å². The van der Waals surface area contributed by atoms with Gasteiger partial charge < -0.3 is 10.6 Å². The summed E-state index contributed by atoms with van der Waals surface area (Å²) in [6, 6.07) is 11.9. The van der Waals surface area contributed by atoms with E-state index in [0.29, 0.717) is 21.4 Å². The fourth-order valence-corrected chi connectivity index (χ4v) is 3.31. The molecule has 0 radical (unpaired) electrons. The molecule has 0 unspecified atom stereocenters. The summed E-state index contributed by atoms with van der Waals surface area (Å²) in [6.45, 7) is 3.70. The Morgan fingerprint density at radius 2 is 1.96 bits per heavy atom. The lowest BCUT2D eigenvalue weighted by molar-refractivity contribution is 0.102. The molecule has 3 aromatic rings. The van der Waals surface area contributed by atoms with Crippen LogP contribution in [0.5, 0.6) is 0 Å². The van der Waals surface area contributed by atoms with E-state index in [2.05, 4.69) is 15.6 Å². The topological polar surface area (TPSA) is 54.0 Å². The molecule has 1 amide bonds. The first-order chi connectivity index (χ1) is 11.9. The van der Waals surface area contributed by atoms with Gasteiger partial charge >= 0.3 is 0 Å². The van der Waals surface area contributed by atoms with Gasteiger partial charge in [-0.3, -0.25) is 4.79 Å². The van der Waals surface area contributed by atoms with Crippen molar-refractivity contribution >= 4 is 45.4 Å². The number of amides is 1. The second kappa shape index (κ2) is 7.21. The van der Waals surface area contributed by atoms with E-state index in [1.807, 2.05) is 31.2 Å². The summed E-state index contributed by atoms with van der Waals surface area (Å²) >= 11 is 7.00. The molecular weight excluding hydrogens is 361 g/mol. The summed E-state index contributed by atoms with van der Waals surface area (Å²) in [7, 11) is 0. The quantitative estimate of drug-likeness (QED) is 0.628. The first-order valence-corrected chi connectivity index (χ1v) is 8.70. The Labute approximate surface area is 153 Å². The predicted octanol–water partition coefficient (Wildman–Crippen LogP) is 5.55. The second-order valence-corrected chi connectivity index (χ2v) is 6.86. The molecule has 1 heterocycles. The molecule has 0 aliphatic heterocycles. The standard InChI is InChI=1S/C18H15ClFN3OS/c1-10-5-3-4-6-15(10)23-17(24)16-11(2)21-18(25-16)22-12-7-8-14(20)13(19)9-12/h3-9H,1-2H3,(H,21,22)(H,23,24). The highest BCUT2D eigenvalue weighted by atomic mass is 35.5. The summed E-state index contributed by atoms with van der Waals surface area (Å²) in [6.07, 6.45) is 0. The Bertz CT molecular complexity index is 942. The molecule has 4 nitrogen and oxygen atoms in total. The molecule has 0 saturated heterocycles. The molecular formula is C18H15ClFN3OS. The molecule has 25 heavy (non-hydrogen) atoms. The highest BCUT2D eigenvalue weighted by molar-refractivity contribution is 7.17. The highest BCUT2D eigenvalue weighted by Crippen LogP contribution is 2.28. The number of aromatic nitrogens is 1. The maximum atomic E-state index is 13.2. The number of rotatable bonds is 4. The smallest absolute Gasteiger partial charge is 0.267 e. The van der Waals surface area contributed by atoms with Crippen molar-refractivity contribution in [2.75, 3.05) is 10.6 Å². The second-order valence-electron chi connectivity index (χ2n) is 5.46. The van der Waals surface area contributed by atoms with E-state index in [1.54, 1.807) is 13.0 Å². The van der Waals surface area contributed by atoms with Gasteiger partial charge in [-0.05, 0) is 43.7 Å². The number of aryl methyl sites for hydroxylation is 2. The van der Waals surface area contributed by atoms with Crippen LogP contribution in [0.4, 0.5) is 20.9 Å². The van der Waals surface area contributed by atoms with E-state index in [0.717, 1.165) is 11.3 Å². The fraction of sp³-hybridized carbons (Fsp3) is 0.111. The molecule has 0 spiro atoms. The molecule has 0 saturated carbocycles. The predicted molar refractivity (Wildman–Crippen MR) is 101 cm³/mol. The van der Waals surface area contributed by atoms with Crippen LogP contribution in [0.15, 0.2) is 42.5 Å². The van der Waals surface area contributed by atoms with Gasteiger partial charge in [0.05, 0.1) is 10.7 Å². The van der Waals surface area contributed by atoms with Crippen molar-refractivity contribution in [1.82, 2.24) is 4.98 Å². The zero-order chi connectivity index (χ0) is 18.0. The van der Waals surface area contributed by atoms with E-state index in [-0.39, 0.29) is 10.9 Å². The third-order valence-corrected chi connectivity index (χ3v) is 4.93. The van der Waals surface area contributed by atoms with Gasteiger partial charge in [0.1, 0.15) is 10.7 Å². The van der Waals surface area contributed by atoms with Crippen LogP contribution in [0.25, 0.3) is 0 Å². The van der Waals surface area contributed by atoms with Gasteiger partial charge in [0, 0.05) is 11.4 Å². The molecule has 0 atom stereocenters. The van der Waals surface area contributed by atoms with Gasteiger partial charge in [0.2, 0.25) is 0 Å². The molecule has 0 fully saturated rings.